The molecule has 0 atom stereocenters. The Morgan fingerprint density at radius 1 is 0.966 bits per heavy atom. The highest BCUT2D eigenvalue weighted by Gasteiger charge is 2.12. The topological polar surface area (TPSA) is 30.5 Å². The smallest absolute Gasteiger partial charge is 0.180 e. The number of methoxy groups -OCH3 is 1. The number of benzene rings is 3. The van der Waals surface area contributed by atoms with Crippen molar-refractivity contribution >= 4 is 11.6 Å². The quantitative estimate of drug-likeness (QED) is 0.456. The molecule has 0 saturated heterocycles. The first-order valence-electron chi connectivity index (χ1n) is 9.55. The van der Waals surface area contributed by atoms with E-state index < -0.39 is 0 Å². The summed E-state index contributed by atoms with van der Waals surface area (Å²) >= 11 is 6.47. The van der Waals surface area contributed by atoms with Crippen LogP contribution in [-0.2, 0) is 19.6 Å². The van der Waals surface area contributed by atoms with E-state index in [1.165, 1.54) is 17.7 Å². The summed E-state index contributed by atoms with van der Waals surface area (Å²) in [4.78, 5) is 0. The normalized spacial score (nSPS) is 10.8. The molecule has 0 fully saturated rings. The Balaban J connectivity index is 1.57. The minimum absolute atomic E-state index is 0.215. The zero-order valence-corrected chi connectivity index (χ0v) is 17.4. The molecule has 5 heteroatoms. The molecule has 0 aromatic heterocycles. The van der Waals surface area contributed by atoms with Crippen molar-refractivity contribution < 1.29 is 13.9 Å². The molecule has 1 N–H and O–H groups in total. The molecule has 0 saturated carbocycles. The van der Waals surface area contributed by atoms with Crippen LogP contribution in [0.3, 0.4) is 0 Å². The third-order valence-corrected chi connectivity index (χ3v) is 4.87. The van der Waals surface area contributed by atoms with Crippen molar-refractivity contribution in [3.8, 4) is 11.5 Å². The Labute approximate surface area is 176 Å². The third-order valence-electron chi connectivity index (χ3n) is 4.59. The Kier molecular flexibility index (Phi) is 7.50. The van der Waals surface area contributed by atoms with Crippen molar-refractivity contribution in [2.45, 2.75) is 26.5 Å². The minimum Gasteiger partial charge on any atom is -0.493 e. The number of nitrogens with one attached hydrogen (secondary N) is 1. The van der Waals surface area contributed by atoms with Gasteiger partial charge in [-0.1, -0.05) is 53.6 Å². The van der Waals surface area contributed by atoms with Gasteiger partial charge in [-0.25, -0.2) is 4.39 Å². The summed E-state index contributed by atoms with van der Waals surface area (Å²) in [6.07, 6.45) is 0.822. The molecule has 0 bridgehead atoms. The molecule has 3 nitrogen and oxygen atoms in total. The zero-order valence-electron chi connectivity index (χ0n) is 16.7. The molecular weight excluding hydrogens is 389 g/mol. The van der Waals surface area contributed by atoms with Crippen LogP contribution in [0.25, 0.3) is 0 Å². The number of halogens is 2. The highest BCUT2D eigenvalue weighted by atomic mass is 35.5. The molecule has 0 unspecified atom stereocenters. The number of ether oxygens (including phenoxy) is 2. The van der Waals surface area contributed by atoms with Crippen LogP contribution in [0.2, 0.25) is 5.02 Å². The highest BCUT2D eigenvalue weighted by Crippen LogP contribution is 2.37. The maximum Gasteiger partial charge on any atom is 0.180 e. The first-order chi connectivity index (χ1) is 14.0. The van der Waals surface area contributed by atoms with Gasteiger partial charge in [0.1, 0.15) is 12.4 Å². The molecule has 3 aromatic rings. The van der Waals surface area contributed by atoms with Crippen LogP contribution in [-0.4, -0.2) is 13.7 Å². The molecule has 3 aromatic carbocycles. The SMILES string of the molecule is COc1cc(CNCCc2ccc(F)cc2)cc(Cl)c1OCc1cccc(C)c1. The van der Waals surface area contributed by atoms with Crippen LogP contribution in [0, 0.1) is 12.7 Å². The monoisotopic (exact) mass is 413 g/mol. The molecule has 29 heavy (non-hydrogen) atoms. The molecule has 0 aliphatic carbocycles. The fourth-order valence-corrected chi connectivity index (χ4v) is 3.38. The predicted octanol–water partition coefficient (Wildman–Crippen LogP) is 5.71. The Bertz CT molecular complexity index is 944. The van der Waals surface area contributed by atoms with E-state index in [1.54, 1.807) is 19.2 Å². The van der Waals surface area contributed by atoms with Gasteiger partial charge in [0.25, 0.3) is 0 Å². The van der Waals surface area contributed by atoms with Crippen molar-refractivity contribution in [2.24, 2.45) is 0 Å². The summed E-state index contributed by atoms with van der Waals surface area (Å²) in [5.74, 6) is 0.944. The number of hydrogen-bond donors (Lipinski definition) is 1. The number of rotatable bonds is 9. The van der Waals surface area contributed by atoms with E-state index in [9.17, 15) is 4.39 Å². The van der Waals surface area contributed by atoms with Crippen molar-refractivity contribution in [3.63, 3.8) is 0 Å². The summed E-state index contributed by atoms with van der Waals surface area (Å²) in [7, 11) is 1.61. The second-order valence-electron chi connectivity index (χ2n) is 6.94. The maximum atomic E-state index is 13.0. The first-order valence-corrected chi connectivity index (χ1v) is 9.93. The molecular formula is C24H25ClFNO2. The van der Waals surface area contributed by atoms with Crippen LogP contribution in [0.5, 0.6) is 11.5 Å². The molecule has 152 valence electrons. The molecule has 0 amide bonds. The Hall–Kier alpha value is -2.56. The highest BCUT2D eigenvalue weighted by molar-refractivity contribution is 6.32. The number of hydrogen-bond acceptors (Lipinski definition) is 3. The summed E-state index contributed by atoms with van der Waals surface area (Å²) < 4.78 is 24.4. The van der Waals surface area contributed by atoms with Crippen molar-refractivity contribution in [1.82, 2.24) is 5.32 Å². The van der Waals surface area contributed by atoms with Crippen LogP contribution in [0.4, 0.5) is 4.39 Å². The van der Waals surface area contributed by atoms with Crippen LogP contribution < -0.4 is 14.8 Å². The molecule has 0 radical (unpaired) electrons. The van der Waals surface area contributed by atoms with E-state index in [2.05, 4.69) is 24.4 Å². The molecule has 0 aliphatic rings. The Morgan fingerprint density at radius 2 is 1.76 bits per heavy atom. The molecule has 0 heterocycles. The van der Waals surface area contributed by atoms with E-state index in [4.69, 9.17) is 21.1 Å². The van der Waals surface area contributed by atoms with Crippen molar-refractivity contribution in [2.75, 3.05) is 13.7 Å². The third kappa shape index (κ3) is 6.21. The van der Waals surface area contributed by atoms with Gasteiger partial charge in [0, 0.05) is 6.54 Å². The van der Waals surface area contributed by atoms with E-state index in [0.29, 0.717) is 29.7 Å². The zero-order chi connectivity index (χ0) is 20.6. The van der Waals surface area contributed by atoms with Gasteiger partial charge < -0.3 is 14.8 Å². The average molecular weight is 414 g/mol. The van der Waals surface area contributed by atoms with Gasteiger partial charge in [-0.3, -0.25) is 0 Å². The lowest BCUT2D eigenvalue weighted by atomic mass is 10.1. The lowest BCUT2D eigenvalue weighted by Crippen LogP contribution is -2.16. The molecule has 0 aliphatic heterocycles. The largest absolute Gasteiger partial charge is 0.493 e. The van der Waals surface area contributed by atoms with Crippen LogP contribution in [0.1, 0.15) is 22.3 Å². The van der Waals surface area contributed by atoms with E-state index in [0.717, 1.165) is 29.7 Å². The minimum atomic E-state index is -0.215. The first kappa shape index (κ1) is 21.2. The second-order valence-corrected chi connectivity index (χ2v) is 7.35. The average Bonchev–Trinajstić information content (AvgIpc) is 2.71. The maximum absolute atomic E-state index is 13.0. The fourth-order valence-electron chi connectivity index (χ4n) is 3.09. The van der Waals surface area contributed by atoms with Crippen molar-refractivity contribution in [3.05, 3.63) is 93.8 Å². The van der Waals surface area contributed by atoms with Gasteiger partial charge >= 0.3 is 0 Å². The van der Waals surface area contributed by atoms with Crippen molar-refractivity contribution in [1.29, 1.82) is 0 Å². The van der Waals surface area contributed by atoms with E-state index in [1.807, 2.05) is 24.3 Å². The standard InChI is InChI=1S/C24H25ClFNO2/c1-17-4-3-5-19(12-17)16-29-24-22(25)13-20(14-23(24)28-2)15-27-11-10-18-6-8-21(26)9-7-18/h3-9,12-14,27H,10-11,15-16H2,1-2H3. The van der Waals surface area contributed by atoms with Crippen LogP contribution in [0.15, 0.2) is 60.7 Å². The fraction of sp³-hybridized carbons (Fsp3) is 0.250. The number of aryl methyl sites for hydroxylation is 1. The van der Waals surface area contributed by atoms with Gasteiger partial charge in [-0.15, -0.1) is 0 Å². The van der Waals surface area contributed by atoms with Crippen LogP contribution >= 0.6 is 11.6 Å². The van der Waals surface area contributed by atoms with Gasteiger partial charge in [-0.2, -0.15) is 0 Å². The lowest BCUT2D eigenvalue weighted by molar-refractivity contribution is 0.284. The summed E-state index contributed by atoms with van der Waals surface area (Å²) in [5.41, 5.74) is 4.36. The molecule has 0 spiro atoms. The molecule has 3 rings (SSSR count). The van der Waals surface area contributed by atoms with Gasteiger partial charge in [0.2, 0.25) is 0 Å². The van der Waals surface area contributed by atoms with E-state index in [-0.39, 0.29) is 5.82 Å². The lowest BCUT2D eigenvalue weighted by Gasteiger charge is -2.15. The Morgan fingerprint density at radius 3 is 2.48 bits per heavy atom. The van der Waals surface area contributed by atoms with Gasteiger partial charge in [0.05, 0.1) is 12.1 Å². The van der Waals surface area contributed by atoms with Gasteiger partial charge in [0.15, 0.2) is 11.5 Å². The van der Waals surface area contributed by atoms with E-state index >= 15 is 0 Å². The summed E-state index contributed by atoms with van der Waals surface area (Å²) in [6, 6.07) is 18.6. The predicted molar refractivity (Wildman–Crippen MR) is 115 cm³/mol. The van der Waals surface area contributed by atoms with Gasteiger partial charge in [-0.05, 0) is 60.8 Å². The summed E-state index contributed by atoms with van der Waals surface area (Å²) in [5, 5.41) is 3.90. The second kappa shape index (κ2) is 10.3. The summed E-state index contributed by atoms with van der Waals surface area (Å²) in [6.45, 7) is 3.90.